The van der Waals surface area contributed by atoms with Crippen LogP contribution in [0.5, 0.6) is 0 Å². The first kappa shape index (κ1) is 16.8. The van der Waals surface area contributed by atoms with Crippen LogP contribution in [0, 0.1) is 0 Å². The summed E-state index contributed by atoms with van der Waals surface area (Å²) in [5, 5.41) is 3.39. The van der Waals surface area contributed by atoms with E-state index in [1.54, 1.807) is 7.11 Å². The predicted molar refractivity (Wildman–Crippen MR) is 93.0 cm³/mol. The number of hydrogen-bond acceptors (Lipinski definition) is 3. The molecular weight excluding hydrogens is 328 g/mol. The molecule has 2 rings (SSSR count). The molecule has 1 fully saturated rings. The Hall–Kier alpha value is -0.580. The van der Waals surface area contributed by atoms with Crippen molar-refractivity contribution in [2.75, 3.05) is 31.7 Å². The van der Waals surface area contributed by atoms with Crippen molar-refractivity contribution in [2.45, 2.75) is 45.2 Å². The highest BCUT2D eigenvalue weighted by Crippen LogP contribution is 2.30. The van der Waals surface area contributed by atoms with Crippen LogP contribution in [0.25, 0.3) is 0 Å². The third kappa shape index (κ3) is 4.70. The molecule has 1 aromatic rings. The summed E-state index contributed by atoms with van der Waals surface area (Å²) in [6.07, 6.45) is 5.44. The maximum absolute atomic E-state index is 5.05. The molecule has 0 atom stereocenters. The van der Waals surface area contributed by atoms with Crippen LogP contribution in [-0.2, 0) is 11.3 Å². The lowest BCUT2D eigenvalue weighted by molar-refractivity contribution is 0.199. The van der Waals surface area contributed by atoms with Gasteiger partial charge in [-0.25, -0.2) is 0 Å². The zero-order valence-electron chi connectivity index (χ0n) is 13.2. The second-order valence-electron chi connectivity index (χ2n) is 5.67. The Bertz CT molecular complexity index is 433. The number of nitrogens with zero attached hydrogens (tertiary/aromatic N) is 1. The molecule has 1 N–H and O–H groups in total. The minimum absolute atomic E-state index is 0.729. The molecule has 0 aliphatic heterocycles. The molecule has 118 valence electrons. The van der Waals surface area contributed by atoms with E-state index in [4.69, 9.17) is 4.74 Å². The number of hydrogen-bond donors (Lipinski definition) is 1. The molecule has 1 saturated carbocycles. The highest BCUT2D eigenvalue weighted by atomic mass is 79.9. The van der Waals surface area contributed by atoms with Crippen molar-refractivity contribution >= 4 is 21.6 Å². The van der Waals surface area contributed by atoms with Crippen molar-refractivity contribution < 1.29 is 4.74 Å². The van der Waals surface area contributed by atoms with Crippen molar-refractivity contribution in [3.8, 4) is 0 Å². The molecular formula is C17H27BrN2O. The van der Waals surface area contributed by atoms with Crippen LogP contribution in [0.3, 0.4) is 0 Å². The second kappa shape index (κ2) is 8.76. The van der Waals surface area contributed by atoms with E-state index in [1.807, 2.05) is 0 Å². The van der Waals surface area contributed by atoms with Gasteiger partial charge in [0.05, 0.1) is 6.61 Å². The number of halogens is 1. The van der Waals surface area contributed by atoms with Crippen molar-refractivity contribution in [2.24, 2.45) is 0 Å². The van der Waals surface area contributed by atoms with Gasteiger partial charge in [0.1, 0.15) is 0 Å². The highest BCUT2D eigenvalue weighted by molar-refractivity contribution is 9.10. The maximum Gasteiger partial charge on any atom is 0.0587 e. The van der Waals surface area contributed by atoms with Crippen LogP contribution < -0.4 is 10.2 Å². The number of benzene rings is 1. The molecule has 0 bridgehead atoms. The summed E-state index contributed by atoms with van der Waals surface area (Å²) in [6.45, 7) is 5.85. The van der Waals surface area contributed by atoms with Crippen LogP contribution in [-0.4, -0.2) is 32.8 Å². The topological polar surface area (TPSA) is 24.5 Å². The van der Waals surface area contributed by atoms with E-state index in [0.717, 1.165) is 32.3 Å². The van der Waals surface area contributed by atoms with E-state index in [0.29, 0.717) is 0 Å². The zero-order valence-corrected chi connectivity index (χ0v) is 14.8. The number of rotatable bonds is 8. The summed E-state index contributed by atoms with van der Waals surface area (Å²) in [7, 11) is 1.73. The summed E-state index contributed by atoms with van der Waals surface area (Å²) >= 11 is 3.72. The van der Waals surface area contributed by atoms with Crippen molar-refractivity contribution in [1.29, 1.82) is 0 Å². The van der Waals surface area contributed by atoms with Gasteiger partial charge in [-0.2, -0.15) is 0 Å². The Morgan fingerprint density at radius 3 is 2.71 bits per heavy atom. The number of ether oxygens (including phenoxy) is 1. The lowest BCUT2D eigenvalue weighted by Gasteiger charge is -2.30. The first-order valence-corrected chi connectivity index (χ1v) is 8.80. The molecule has 0 saturated heterocycles. The summed E-state index contributed by atoms with van der Waals surface area (Å²) < 4.78 is 6.25. The zero-order chi connectivity index (χ0) is 15.1. The highest BCUT2D eigenvalue weighted by Gasteiger charge is 2.21. The molecule has 0 heterocycles. The summed E-state index contributed by atoms with van der Waals surface area (Å²) in [5.74, 6) is 0. The lowest BCUT2D eigenvalue weighted by Crippen LogP contribution is -2.32. The Labute approximate surface area is 137 Å². The summed E-state index contributed by atoms with van der Waals surface area (Å²) in [4.78, 5) is 2.56. The largest absolute Gasteiger partial charge is 0.383 e. The number of anilines is 1. The summed E-state index contributed by atoms with van der Waals surface area (Å²) in [5.41, 5.74) is 2.65. The molecule has 0 amide bonds. The molecule has 0 spiro atoms. The van der Waals surface area contributed by atoms with Crippen LogP contribution in [0.1, 0.15) is 38.2 Å². The quantitative estimate of drug-likeness (QED) is 0.715. The second-order valence-corrected chi connectivity index (χ2v) is 6.52. The molecule has 0 aromatic heterocycles. The van der Waals surface area contributed by atoms with Gasteiger partial charge in [-0.3, -0.25) is 0 Å². The van der Waals surface area contributed by atoms with Gasteiger partial charge in [-0.05, 0) is 37.5 Å². The van der Waals surface area contributed by atoms with E-state index in [-0.39, 0.29) is 0 Å². The van der Waals surface area contributed by atoms with Gasteiger partial charge in [0.2, 0.25) is 0 Å². The van der Waals surface area contributed by atoms with Crippen LogP contribution >= 0.6 is 15.9 Å². The minimum atomic E-state index is 0.729. The molecule has 0 unspecified atom stereocenters. The Kier molecular flexibility index (Phi) is 7.00. The Morgan fingerprint density at radius 1 is 1.33 bits per heavy atom. The van der Waals surface area contributed by atoms with E-state index in [9.17, 15) is 0 Å². The van der Waals surface area contributed by atoms with Crippen LogP contribution in [0.4, 0.5) is 5.69 Å². The lowest BCUT2D eigenvalue weighted by atomic mass is 10.1. The fraction of sp³-hybridized carbons (Fsp3) is 0.647. The maximum atomic E-state index is 5.05. The molecule has 4 heteroatoms. The third-order valence-corrected chi connectivity index (χ3v) is 5.01. The molecule has 1 aliphatic rings. The van der Waals surface area contributed by atoms with Gasteiger partial charge in [-0.15, -0.1) is 0 Å². The van der Waals surface area contributed by atoms with Crippen molar-refractivity contribution in [1.82, 2.24) is 5.32 Å². The van der Waals surface area contributed by atoms with Crippen molar-refractivity contribution in [3.63, 3.8) is 0 Å². The van der Waals surface area contributed by atoms with E-state index >= 15 is 0 Å². The van der Waals surface area contributed by atoms with Crippen molar-refractivity contribution in [3.05, 3.63) is 28.2 Å². The summed E-state index contributed by atoms with van der Waals surface area (Å²) in [6, 6.07) is 7.50. The average Bonchev–Trinajstić information content (AvgIpc) is 3.00. The van der Waals surface area contributed by atoms with Gasteiger partial charge >= 0.3 is 0 Å². The normalized spacial score (nSPS) is 15.6. The monoisotopic (exact) mass is 354 g/mol. The number of methoxy groups -OCH3 is 1. The first-order valence-electron chi connectivity index (χ1n) is 8.01. The van der Waals surface area contributed by atoms with E-state index < -0.39 is 0 Å². The van der Waals surface area contributed by atoms with Gasteiger partial charge in [-0.1, -0.05) is 34.8 Å². The van der Waals surface area contributed by atoms with Crippen LogP contribution in [0.15, 0.2) is 22.7 Å². The SMILES string of the molecule is CCN(c1ccc(CNCCOC)c(Br)c1)C1CCCC1. The molecule has 21 heavy (non-hydrogen) atoms. The smallest absolute Gasteiger partial charge is 0.0587 e. The molecule has 0 radical (unpaired) electrons. The van der Waals surface area contributed by atoms with Gasteiger partial charge in [0.25, 0.3) is 0 Å². The molecule has 1 aromatic carbocycles. The average molecular weight is 355 g/mol. The van der Waals surface area contributed by atoms with Crippen LogP contribution in [0.2, 0.25) is 0 Å². The minimum Gasteiger partial charge on any atom is -0.383 e. The van der Waals surface area contributed by atoms with E-state index in [1.165, 1.54) is 41.4 Å². The fourth-order valence-corrected chi connectivity index (χ4v) is 3.63. The predicted octanol–water partition coefficient (Wildman–Crippen LogP) is 3.95. The standard InChI is InChI=1S/C17H27BrN2O/c1-3-20(15-6-4-5-7-15)16-9-8-14(17(18)12-16)13-19-10-11-21-2/h8-9,12,15,19H,3-7,10-11,13H2,1-2H3. The Morgan fingerprint density at radius 2 is 2.10 bits per heavy atom. The Balaban J connectivity index is 1.99. The van der Waals surface area contributed by atoms with Gasteiger partial charge in [0.15, 0.2) is 0 Å². The van der Waals surface area contributed by atoms with E-state index in [2.05, 4.69) is 51.3 Å². The fourth-order valence-electron chi connectivity index (χ4n) is 3.12. The number of nitrogens with one attached hydrogen (secondary N) is 1. The van der Waals surface area contributed by atoms with Gasteiger partial charge in [0, 0.05) is 42.9 Å². The first-order chi connectivity index (χ1) is 10.3. The molecule has 3 nitrogen and oxygen atoms in total. The third-order valence-electron chi connectivity index (χ3n) is 4.27. The molecule has 1 aliphatic carbocycles. The van der Waals surface area contributed by atoms with Gasteiger partial charge < -0.3 is 15.0 Å².